The monoisotopic (exact) mass is 385 g/mol. The summed E-state index contributed by atoms with van der Waals surface area (Å²) in [6.07, 6.45) is -0.142. The molecule has 1 aromatic carbocycles. The summed E-state index contributed by atoms with van der Waals surface area (Å²) in [6.45, 7) is 5.54. The van der Waals surface area contributed by atoms with Crippen molar-refractivity contribution in [2.75, 3.05) is 0 Å². The van der Waals surface area contributed by atoms with Crippen molar-refractivity contribution in [1.82, 2.24) is 4.72 Å². The molecule has 0 spiro atoms. The Morgan fingerprint density at radius 3 is 2.62 bits per heavy atom. The van der Waals surface area contributed by atoms with Crippen molar-refractivity contribution in [3.8, 4) is 10.4 Å². The van der Waals surface area contributed by atoms with Crippen molar-refractivity contribution in [3.05, 3.63) is 46.3 Å². The summed E-state index contributed by atoms with van der Waals surface area (Å²) in [5.41, 5.74) is 1.75. The van der Waals surface area contributed by atoms with Gasteiger partial charge in [0.15, 0.2) is 0 Å². The minimum absolute atomic E-state index is 0.142. The number of carboxylic acid groups (broad SMARTS) is 1. The SMILES string of the molecule is CC(C)(C)[S+]([O-])NC(CC(=O)O)c1cccc(-c2ccc(Cl)s2)c1. The van der Waals surface area contributed by atoms with Gasteiger partial charge in [0.2, 0.25) is 0 Å². The van der Waals surface area contributed by atoms with Gasteiger partial charge < -0.3 is 9.66 Å². The Morgan fingerprint density at radius 2 is 2.08 bits per heavy atom. The molecular formula is C17H20ClNO3S2. The first-order chi connectivity index (χ1) is 11.2. The van der Waals surface area contributed by atoms with Crippen LogP contribution in [0.2, 0.25) is 4.34 Å². The summed E-state index contributed by atoms with van der Waals surface area (Å²) in [6, 6.07) is 10.8. The number of aliphatic carboxylic acids is 1. The maximum absolute atomic E-state index is 12.4. The van der Waals surface area contributed by atoms with Crippen LogP contribution in [0.5, 0.6) is 0 Å². The third-order valence-electron chi connectivity index (χ3n) is 3.33. The van der Waals surface area contributed by atoms with Crippen LogP contribution < -0.4 is 4.72 Å². The molecule has 2 N–H and O–H groups in total. The number of halogens is 1. The first-order valence-electron chi connectivity index (χ1n) is 7.42. The van der Waals surface area contributed by atoms with Crippen LogP contribution in [0, 0.1) is 0 Å². The summed E-state index contributed by atoms with van der Waals surface area (Å²) in [5, 5.41) is 9.20. The minimum Gasteiger partial charge on any atom is -0.598 e. The predicted octanol–water partition coefficient (Wildman–Crippen LogP) is 4.64. The van der Waals surface area contributed by atoms with Crippen LogP contribution >= 0.6 is 22.9 Å². The predicted molar refractivity (Wildman–Crippen MR) is 101 cm³/mol. The van der Waals surface area contributed by atoms with Gasteiger partial charge in [-0.25, -0.2) is 0 Å². The van der Waals surface area contributed by atoms with Crippen LogP contribution in [0.3, 0.4) is 0 Å². The maximum Gasteiger partial charge on any atom is 0.305 e. The second-order valence-electron chi connectivity index (χ2n) is 6.38. The van der Waals surface area contributed by atoms with Crippen molar-refractivity contribution in [2.45, 2.75) is 38.0 Å². The molecule has 0 fully saturated rings. The van der Waals surface area contributed by atoms with E-state index in [1.54, 1.807) is 0 Å². The van der Waals surface area contributed by atoms with Crippen LogP contribution in [0.15, 0.2) is 36.4 Å². The molecular weight excluding hydrogens is 366 g/mol. The lowest BCUT2D eigenvalue weighted by Gasteiger charge is -2.27. The van der Waals surface area contributed by atoms with Crippen molar-refractivity contribution >= 4 is 40.3 Å². The lowest BCUT2D eigenvalue weighted by molar-refractivity contribution is -0.137. The summed E-state index contributed by atoms with van der Waals surface area (Å²) < 4.78 is 15.6. The van der Waals surface area contributed by atoms with E-state index in [1.165, 1.54) is 11.3 Å². The van der Waals surface area contributed by atoms with E-state index in [9.17, 15) is 14.5 Å². The first-order valence-corrected chi connectivity index (χ1v) is 9.77. The van der Waals surface area contributed by atoms with E-state index in [4.69, 9.17) is 11.6 Å². The van der Waals surface area contributed by atoms with Gasteiger partial charge in [-0.2, -0.15) is 0 Å². The molecule has 0 amide bonds. The Labute approximate surface area is 154 Å². The van der Waals surface area contributed by atoms with E-state index in [1.807, 2.05) is 57.2 Å². The third kappa shape index (κ3) is 5.22. The average Bonchev–Trinajstić information content (AvgIpc) is 2.92. The molecule has 1 aromatic heterocycles. The van der Waals surface area contributed by atoms with Gasteiger partial charge in [0.1, 0.15) is 4.75 Å². The zero-order valence-electron chi connectivity index (χ0n) is 13.7. The minimum atomic E-state index is -1.36. The zero-order chi connectivity index (χ0) is 17.9. The van der Waals surface area contributed by atoms with Crippen LogP contribution in [0.1, 0.15) is 38.8 Å². The molecule has 0 aliphatic heterocycles. The van der Waals surface area contributed by atoms with Crippen molar-refractivity contribution in [3.63, 3.8) is 0 Å². The number of carboxylic acids is 1. The molecule has 0 aliphatic carbocycles. The number of benzene rings is 1. The average molecular weight is 386 g/mol. The van der Waals surface area contributed by atoms with Crippen LogP contribution in [0.25, 0.3) is 10.4 Å². The fourth-order valence-electron chi connectivity index (χ4n) is 2.09. The summed E-state index contributed by atoms with van der Waals surface area (Å²) in [5.74, 6) is -0.942. The number of hydrogen-bond acceptors (Lipinski definition) is 4. The van der Waals surface area contributed by atoms with Crippen LogP contribution in [-0.2, 0) is 16.2 Å². The standard InChI is InChI=1S/C17H20ClNO3S2/c1-17(2,3)24(22)19-13(10-16(20)21)11-5-4-6-12(9-11)14-7-8-15(18)23-14/h4-9,13,19H,10H2,1-3H3,(H,20,21). The molecule has 4 nitrogen and oxygen atoms in total. The Kier molecular flexibility index (Phi) is 6.33. The second-order valence-corrected chi connectivity index (χ2v) is 10.1. The molecule has 0 aliphatic rings. The smallest absolute Gasteiger partial charge is 0.305 e. The van der Waals surface area contributed by atoms with Gasteiger partial charge in [-0.3, -0.25) is 4.79 Å². The van der Waals surface area contributed by atoms with Crippen molar-refractivity contribution in [1.29, 1.82) is 0 Å². The molecule has 2 aromatic rings. The normalized spacial score (nSPS) is 14.4. The van der Waals surface area contributed by atoms with Gasteiger partial charge in [0, 0.05) is 16.2 Å². The quantitative estimate of drug-likeness (QED) is 0.710. The van der Waals surface area contributed by atoms with Crippen molar-refractivity contribution in [2.24, 2.45) is 0 Å². The maximum atomic E-state index is 12.4. The van der Waals surface area contributed by atoms with Crippen molar-refractivity contribution < 1.29 is 14.5 Å². The molecule has 24 heavy (non-hydrogen) atoms. The topological polar surface area (TPSA) is 72.4 Å². The fraction of sp³-hybridized carbons (Fsp3) is 0.353. The summed E-state index contributed by atoms with van der Waals surface area (Å²) >= 11 is 6.09. The highest BCUT2D eigenvalue weighted by Crippen LogP contribution is 2.33. The lowest BCUT2D eigenvalue weighted by Crippen LogP contribution is -2.41. The highest BCUT2D eigenvalue weighted by Gasteiger charge is 2.30. The van der Waals surface area contributed by atoms with E-state index in [2.05, 4.69) is 4.72 Å². The first kappa shape index (κ1) is 19.3. The Morgan fingerprint density at radius 1 is 1.38 bits per heavy atom. The van der Waals surface area contributed by atoms with E-state index in [0.717, 1.165) is 16.0 Å². The molecule has 2 atom stereocenters. The van der Waals surface area contributed by atoms with Crippen LogP contribution in [-0.4, -0.2) is 20.4 Å². The van der Waals surface area contributed by atoms with E-state index in [-0.39, 0.29) is 6.42 Å². The highest BCUT2D eigenvalue weighted by atomic mass is 35.5. The highest BCUT2D eigenvalue weighted by molar-refractivity contribution is 7.90. The Balaban J connectivity index is 2.30. The summed E-state index contributed by atoms with van der Waals surface area (Å²) in [4.78, 5) is 12.2. The molecule has 2 unspecified atom stereocenters. The molecule has 130 valence electrons. The largest absolute Gasteiger partial charge is 0.598 e. The van der Waals surface area contributed by atoms with Gasteiger partial charge in [-0.15, -0.1) is 16.1 Å². The Hall–Kier alpha value is -1.05. The van der Waals surface area contributed by atoms with Crippen LogP contribution in [0.4, 0.5) is 0 Å². The van der Waals surface area contributed by atoms with Gasteiger partial charge in [-0.1, -0.05) is 29.8 Å². The van der Waals surface area contributed by atoms with E-state index >= 15 is 0 Å². The number of thiophene rings is 1. The van der Waals surface area contributed by atoms with Gasteiger partial charge >= 0.3 is 5.97 Å². The third-order valence-corrected chi connectivity index (χ3v) is 6.22. The second kappa shape index (κ2) is 7.89. The summed E-state index contributed by atoms with van der Waals surface area (Å²) in [7, 11) is 0. The van der Waals surface area contributed by atoms with Gasteiger partial charge in [0.25, 0.3) is 0 Å². The number of rotatable bonds is 6. The Bertz CT molecular complexity index is 712. The zero-order valence-corrected chi connectivity index (χ0v) is 16.1. The van der Waals surface area contributed by atoms with E-state index in [0.29, 0.717) is 4.34 Å². The molecule has 2 rings (SSSR count). The molecule has 1 heterocycles. The molecule has 0 radical (unpaired) electrons. The van der Waals surface area contributed by atoms with Gasteiger partial charge in [-0.05, 0) is 50.1 Å². The molecule has 0 bridgehead atoms. The number of carbonyl (C=O) groups is 1. The fourth-order valence-corrected chi connectivity index (χ4v) is 3.96. The molecule has 0 saturated carbocycles. The lowest BCUT2D eigenvalue weighted by atomic mass is 10.0. The number of nitrogens with one attached hydrogen (secondary N) is 1. The van der Waals surface area contributed by atoms with Gasteiger partial charge in [0.05, 0.1) is 16.8 Å². The van der Waals surface area contributed by atoms with E-state index < -0.39 is 28.1 Å². The molecule has 7 heteroatoms. The number of hydrogen-bond donors (Lipinski definition) is 2. The molecule has 0 saturated heterocycles.